The lowest BCUT2D eigenvalue weighted by Gasteiger charge is -2.06. The molecule has 1 aromatic carbocycles. The lowest BCUT2D eigenvalue weighted by Crippen LogP contribution is -2.13. The van der Waals surface area contributed by atoms with Gasteiger partial charge in [-0.05, 0) is 36.4 Å². The molecule has 3 rings (SSSR count). The van der Waals surface area contributed by atoms with E-state index in [4.69, 9.17) is 10.5 Å². The van der Waals surface area contributed by atoms with Crippen molar-refractivity contribution in [2.75, 3.05) is 7.11 Å². The van der Waals surface area contributed by atoms with Crippen molar-refractivity contribution in [1.29, 1.82) is 0 Å². The van der Waals surface area contributed by atoms with Crippen molar-refractivity contribution in [3.05, 3.63) is 54.6 Å². The number of carbonyl (C=O) groups is 1. The van der Waals surface area contributed by atoms with Crippen molar-refractivity contribution in [3.8, 4) is 22.8 Å². The van der Waals surface area contributed by atoms with Crippen LogP contribution >= 0.6 is 0 Å². The smallest absolute Gasteiger partial charge is 0.217 e. The molecule has 0 bridgehead atoms. The van der Waals surface area contributed by atoms with Crippen molar-refractivity contribution < 1.29 is 9.53 Å². The van der Waals surface area contributed by atoms with Crippen LogP contribution < -0.4 is 10.5 Å². The highest BCUT2D eigenvalue weighted by molar-refractivity contribution is 5.73. The third-order valence-corrected chi connectivity index (χ3v) is 3.52. The van der Waals surface area contributed by atoms with Gasteiger partial charge >= 0.3 is 0 Å². The summed E-state index contributed by atoms with van der Waals surface area (Å²) in [5.74, 6) is 1.63. The van der Waals surface area contributed by atoms with Crippen molar-refractivity contribution >= 4 is 5.91 Å². The molecular weight excluding hydrogens is 306 g/mol. The van der Waals surface area contributed by atoms with Gasteiger partial charge in [-0.3, -0.25) is 9.78 Å². The van der Waals surface area contributed by atoms with Crippen molar-refractivity contribution in [2.24, 2.45) is 5.73 Å². The highest BCUT2D eigenvalue weighted by Gasteiger charge is 2.14. The van der Waals surface area contributed by atoms with Crippen molar-refractivity contribution in [1.82, 2.24) is 19.7 Å². The summed E-state index contributed by atoms with van der Waals surface area (Å²) in [6.45, 7) is 0. The van der Waals surface area contributed by atoms with Gasteiger partial charge in [0.25, 0.3) is 0 Å². The number of aryl methyl sites for hydroxylation is 1. The first-order valence-corrected chi connectivity index (χ1v) is 7.46. The van der Waals surface area contributed by atoms with Gasteiger partial charge in [-0.15, -0.1) is 5.10 Å². The lowest BCUT2D eigenvalue weighted by atomic mass is 10.2. The maximum Gasteiger partial charge on any atom is 0.217 e. The molecule has 0 atom stereocenters. The zero-order valence-electron chi connectivity index (χ0n) is 13.2. The molecule has 7 heteroatoms. The molecule has 0 saturated carbocycles. The topological polar surface area (TPSA) is 95.9 Å². The number of hydrogen-bond donors (Lipinski definition) is 1. The predicted octanol–water partition coefficient (Wildman–Crippen LogP) is 1.76. The van der Waals surface area contributed by atoms with Gasteiger partial charge in [0.1, 0.15) is 11.6 Å². The van der Waals surface area contributed by atoms with Gasteiger partial charge < -0.3 is 10.5 Å². The summed E-state index contributed by atoms with van der Waals surface area (Å²) in [6, 6.07) is 11.1. The Bertz CT molecular complexity index is 828. The van der Waals surface area contributed by atoms with Gasteiger partial charge in [0, 0.05) is 30.8 Å². The number of primary amides is 1. The fourth-order valence-electron chi connectivity index (χ4n) is 2.29. The SMILES string of the molecule is COc1ccc(-n2nc(-c3ccncc3)nc2CCC(N)=O)cc1. The van der Waals surface area contributed by atoms with E-state index in [1.165, 1.54) is 0 Å². The normalized spacial score (nSPS) is 10.5. The molecule has 0 aliphatic carbocycles. The van der Waals surface area contributed by atoms with Gasteiger partial charge in [-0.25, -0.2) is 9.67 Å². The average molecular weight is 323 g/mol. The van der Waals surface area contributed by atoms with Crippen LogP contribution in [0.2, 0.25) is 0 Å². The summed E-state index contributed by atoms with van der Waals surface area (Å²) in [6.07, 6.45) is 4.00. The number of pyridine rings is 1. The molecule has 2 aromatic heterocycles. The molecule has 1 amide bonds. The van der Waals surface area contributed by atoms with Gasteiger partial charge in [-0.1, -0.05) is 0 Å². The summed E-state index contributed by atoms with van der Waals surface area (Å²) in [7, 11) is 1.62. The molecule has 0 radical (unpaired) electrons. The van der Waals surface area contributed by atoms with E-state index >= 15 is 0 Å². The van der Waals surface area contributed by atoms with Crippen LogP contribution in [0.4, 0.5) is 0 Å². The highest BCUT2D eigenvalue weighted by Crippen LogP contribution is 2.20. The van der Waals surface area contributed by atoms with E-state index < -0.39 is 0 Å². The quantitative estimate of drug-likeness (QED) is 0.745. The third-order valence-electron chi connectivity index (χ3n) is 3.52. The summed E-state index contributed by atoms with van der Waals surface area (Å²) < 4.78 is 6.90. The zero-order valence-corrected chi connectivity index (χ0v) is 13.2. The summed E-state index contributed by atoms with van der Waals surface area (Å²) >= 11 is 0. The molecule has 3 aromatic rings. The van der Waals surface area contributed by atoms with E-state index in [0.717, 1.165) is 17.0 Å². The summed E-state index contributed by atoms with van der Waals surface area (Å²) in [5, 5.41) is 4.57. The number of nitrogens with zero attached hydrogens (tertiary/aromatic N) is 4. The number of benzene rings is 1. The highest BCUT2D eigenvalue weighted by atomic mass is 16.5. The number of nitrogens with two attached hydrogens (primary N) is 1. The van der Waals surface area contributed by atoms with Crippen LogP contribution in [0, 0.1) is 0 Å². The fraction of sp³-hybridized carbons (Fsp3) is 0.176. The first kappa shape index (κ1) is 15.7. The molecule has 122 valence electrons. The van der Waals surface area contributed by atoms with Crippen molar-refractivity contribution in [2.45, 2.75) is 12.8 Å². The van der Waals surface area contributed by atoms with Gasteiger partial charge in [-0.2, -0.15) is 0 Å². The molecule has 0 aliphatic rings. The van der Waals surface area contributed by atoms with Crippen LogP contribution in [0.5, 0.6) is 5.75 Å². The number of carbonyl (C=O) groups excluding carboxylic acids is 1. The maximum absolute atomic E-state index is 11.1. The largest absolute Gasteiger partial charge is 0.497 e. The van der Waals surface area contributed by atoms with E-state index in [0.29, 0.717) is 18.1 Å². The van der Waals surface area contributed by atoms with Crippen LogP contribution in [0.3, 0.4) is 0 Å². The Labute approximate surface area is 139 Å². The Balaban J connectivity index is 2.01. The van der Waals surface area contributed by atoms with Gasteiger partial charge in [0.15, 0.2) is 5.82 Å². The Morgan fingerprint density at radius 3 is 2.50 bits per heavy atom. The first-order valence-electron chi connectivity index (χ1n) is 7.46. The predicted molar refractivity (Wildman–Crippen MR) is 88.7 cm³/mol. The second kappa shape index (κ2) is 6.91. The molecule has 7 nitrogen and oxygen atoms in total. The Morgan fingerprint density at radius 1 is 1.17 bits per heavy atom. The number of hydrogen-bond acceptors (Lipinski definition) is 5. The Morgan fingerprint density at radius 2 is 1.88 bits per heavy atom. The molecular formula is C17H17N5O2. The van der Waals surface area contributed by atoms with Crippen LogP contribution in [-0.4, -0.2) is 32.8 Å². The third kappa shape index (κ3) is 3.40. The lowest BCUT2D eigenvalue weighted by molar-refractivity contribution is -0.118. The Kier molecular flexibility index (Phi) is 4.51. The summed E-state index contributed by atoms with van der Waals surface area (Å²) in [5.41, 5.74) is 6.96. The molecule has 0 unspecified atom stereocenters. The minimum absolute atomic E-state index is 0.213. The van der Waals surface area contributed by atoms with Gasteiger partial charge in [0.05, 0.1) is 12.8 Å². The maximum atomic E-state index is 11.1. The van der Waals surface area contributed by atoms with Crippen LogP contribution in [0.15, 0.2) is 48.8 Å². The molecule has 0 fully saturated rings. The Hall–Kier alpha value is -3.22. The van der Waals surface area contributed by atoms with Crippen molar-refractivity contribution in [3.63, 3.8) is 0 Å². The molecule has 0 saturated heterocycles. The second-order valence-corrected chi connectivity index (χ2v) is 5.16. The van der Waals surface area contributed by atoms with Crippen LogP contribution in [0.25, 0.3) is 17.1 Å². The van der Waals surface area contributed by atoms with Crippen LogP contribution in [-0.2, 0) is 11.2 Å². The molecule has 2 N–H and O–H groups in total. The van der Waals surface area contributed by atoms with E-state index in [9.17, 15) is 4.79 Å². The van der Waals surface area contributed by atoms with E-state index in [1.807, 2.05) is 36.4 Å². The number of methoxy groups -OCH3 is 1. The molecule has 0 aliphatic heterocycles. The summed E-state index contributed by atoms with van der Waals surface area (Å²) in [4.78, 5) is 19.7. The van der Waals surface area contributed by atoms with Crippen LogP contribution in [0.1, 0.15) is 12.2 Å². The van der Waals surface area contributed by atoms with Gasteiger partial charge in [0.2, 0.25) is 5.91 Å². The zero-order chi connectivity index (χ0) is 16.9. The second-order valence-electron chi connectivity index (χ2n) is 5.16. The average Bonchev–Trinajstić information content (AvgIpc) is 3.05. The number of amides is 1. The van der Waals surface area contributed by atoms with E-state index in [-0.39, 0.29) is 12.3 Å². The van der Waals surface area contributed by atoms with E-state index in [1.54, 1.807) is 24.2 Å². The number of rotatable bonds is 6. The molecule has 0 spiro atoms. The number of aromatic nitrogens is 4. The first-order chi connectivity index (χ1) is 11.7. The minimum atomic E-state index is -0.371. The molecule has 2 heterocycles. The van der Waals surface area contributed by atoms with E-state index in [2.05, 4.69) is 15.1 Å². The minimum Gasteiger partial charge on any atom is -0.497 e. The number of ether oxygens (including phenoxy) is 1. The standard InChI is InChI=1S/C17H17N5O2/c1-24-14-4-2-13(3-5-14)22-16(7-6-15(18)23)20-17(21-22)12-8-10-19-11-9-12/h2-5,8-11H,6-7H2,1H3,(H2,18,23). The fourth-order valence-corrected chi connectivity index (χ4v) is 2.29. The molecule has 24 heavy (non-hydrogen) atoms. The monoisotopic (exact) mass is 323 g/mol.